The van der Waals surface area contributed by atoms with Crippen molar-refractivity contribution < 1.29 is 13.2 Å². The Kier molecular flexibility index (Phi) is 4.91. The Hall–Kier alpha value is -0.650. The Morgan fingerprint density at radius 2 is 2.00 bits per heavy atom. The molecule has 0 bridgehead atoms. The minimum Gasteiger partial charge on any atom is -0.493 e. The summed E-state index contributed by atoms with van der Waals surface area (Å²) in [7, 11) is -1.99. The summed E-state index contributed by atoms with van der Waals surface area (Å²) in [6.45, 7) is 1.78. The zero-order chi connectivity index (χ0) is 13.1. The van der Waals surface area contributed by atoms with Crippen LogP contribution in [-0.4, -0.2) is 21.3 Å². The number of ether oxygens (including phenoxy) is 1. The van der Waals surface area contributed by atoms with Gasteiger partial charge in [0.1, 0.15) is 0 Å². The average Bonchev–Trinajstić information content (AvgIpc) is 2.15. The third-order valence-corrected chi connectivity index (χ3v) is 3.93. The second-order valence-corrected chi connectivity index (χ2v) is 6.07. The highest BCUT2D eigenvalue weighted by atomic mass is 35.5. The molecule has 0 unspecified atom stereocenters. The third kappa shape index (κ3) is 3.94. The van der Waals surface area contributed by atoms with Crippen molar-refractivity contribution in [2.45, 2.75) is 13.3 Å². The van der Waals surface area contributed by atoms with E-state index in [4.69, 9.17) is 27.9 Å². The number of hydrogen-bond donors (Lipinski definition) is 1. The van der Waals surface area contributed by atoms with Crippen LogP contribution in [0, 0.1) is 0 Å². The van der Waals surface area contributed by atoms with Gasteiger partial charge in [-0.05, 0) is 18.6 Å². The number of anilines is 1. The predicted octanol–water partition coefficient (Wildman–Crippen LogP) is 3.15. The van der Waals surface area contributed by atoms with Crippen LogP contribution in [0.25, 0.3) is 0 Å². The molecule has 0 aliphatic carbocycles. The summed E-state index contributed by atoms with van der Waals surface area (Å²) >= 11 is 11.7. The van der Waals surface area contributed by atoms with Crippen molar-refractivity contribution in [2.75, 3.05) is 17.6 Å². The molecule has 0 atom stereocenters. The van der Waals surface area contributed by atoms with E-state index < -0.39 is 10.0 Å². The quantitative estimate of drug-likeness (QED) is 0.908. The second kappa shape index (κ2) is 5.80. The predicted molar refractivity (Wildman–Crippen MR) is 70.7 cm³/mol. The normalized spacial score (nSPS) is 11.3. The Bertz CT molecular complexity index is 503. The first kappa shape index (κ1) is 14.4. The van der Waals surface area contributed by atoms with Crippen LogP contribution >= 0.6 is 23.2 Å². The van der Waals surface area contributed by atoms with E-state index >= 15 is 0 Å². The number of nitrogens with one attached hydrogen (secondary N) is 1. The molecule has 0 amide bonds. The SMILES string of the molecule is CCCS(=O)(=O)Nc1cc(Cl)cc(Cl)c1OC. The van der Waals surface area contributed by atoms with Gasteiger partial charge in [-0.1, -0.05) is 30.1 Å². The summed E-state index contributed by atoms with van der Waals surface area (Å²) in [6, 6.07) is 2.94. The zero-order valence-corrected chi connectivity index (χ0v) is 11.8. The Labute approximate surface area is 111 Å². The van der Waals surface area contributed by atoms with Crippen LogP contribution in [0.2, 0.25) is 10.0 Å². The fourth-order valence-electron chi connectivity index (χ4n) is 1.33. The van der Waals surface area contributed by atoms with Crippen LogP contribution in [-0.2, 0) is 10.0 Å². The number of halogens is 2. The molecule has 4 nitrogen and oxygen atoms in total. The number of benzene rings is 1. The molecule has 96 valence electrons. The average molecular weight is 298 g/mol. The van der Waals surface area contributed by atoms with Crippen molar-refractivity contribution in [3.8, 4) is 5.75 Å². The first-order valence-electron chi connectivity index (χ1n) is 4.93. The van der Waals surface area contributed by atoms with E-state index in [0.29, 0.717) is 11.4 Å². The molecule has 0 fully saturated rings. The van der Waals surface area contributed by atoms with Gasteiger partial charge < -0.3 is 4.74 Å². The molecule has 1 aromatic rings. The monoisotopic (exact) mass is 297 g/mol. The zero-order valence-electron chi connectivity index (χ0n) is 9.46. The lowest BCUT2D eigenvalue weighted by Gasteiger charge is -2.13. The van der Waals surface area contributed by atoms with Crippen molar-refractivity contribution in [2.24, 2.45) is 0 Å². The third-order valence-electron chi connectivity index (χ3n) is 1.95. The first-order valence-corrected chi connectivity index (χ1v) is 7.34. The Morgan fingerprint density at radius 3 is 2.53 bits per heavy atom. The molecule has 1 rings (SSSR count). The van der Waals surface area contributed by atoms with E-state index in [1.165, 1.54) is 19.2 Å². The molecule has 17 heavy (non-hydrogen) atoms. The lowest BCUT2D eigenvalue weighted by molar-refractivity contribution is 0.417. The molecule has 0 heterocycles. The van der Waals surface area contributed by atoms with E-state index in [2.05, 4.69) is 4.72 Å². The molecule has 0 saturated heterocycles. The summed E-state index contributed by atoms with van der Waals surface area (Å²) in [5, 5.41) is 0.596. The standard InChI is InChI=1S/C10H13Cl2NO3S/c1-3-4-17(14,15)13-9-6-7(11)5-8(12)10(9)16-2/h5-6,13H,3-4H2,1-2H3. The minimum absolute atomic E-state index is 0.0281. The fraction of sp³-hybridized carbons (Fsp3) is 0.400. The lowest BCUT2D eigenvalue weighted by Crippen LogP contribution is -2.16. The maximum atomic E-state index is 11.6. The minimum atomic E-state index is -3.40. The Balaban J connectivity index is 3.14. The Morgan fingerprint density at radius 1 is 1.35 bits per heavy atom. The highest BCUT2D eigenvalue weighted by molar-refractivity contribution is 7.92. The van der Waals surface area contributed by atoms with Gasteiger partial charge in [-0.25, -0.2) is 8.42 Å². The van der Waals surface area contributed by atoms with Gasteiger partial charge in [-0.3, -0.25) is 4.72 Å². The molecule has 0 aliphatic rings. The van der Waals surface area contributed by atoms with E-state index in [-0.39, 0.29) is 22.2 Å². The highest BCUT2D eigenvalue weighted by Crippen LogP contribution is 2.36. The molecule has 0 radical (unpaired) electrons. The number of hydrogen-bond acceptors (Lipinski definition) is 3. The summed E-state index contributed by atoms with van der Waals surface area (Å²) in [4.78, 5) is 0. The summed E-state index contributed by atoms with van der Waals surface area (Å²) in [5.41, 5.74) is 0.249. The van der Waals surface area contributed by atoms with Gasteiger partial charge in [-0.2, -0.15) is 0 Å². The van der Waals surface area contributed by atoms with Crippen LogP contribution in [0.4, 0.5) is 5.69 Å². The van der Waals surface area contributed by atoms with Crippen LogP contribution in [0.3, 0.4) is 0 Å². The van der Waals surface area contributed by atoms with Crippen molar-refractivity contribution in [3.63, 3.8) is 0 Å². The molecule has 0 spiro atoms. The van der Waals surface area contributed by atoms with Crippen LogP contribution in [0.15, 0.2) is 12.1 Å². The molecule has 7 heteroatoms. The van der Waals surface area contributed by atoms with Crippen LogP contribution in [0.5, 0.6) is 5.75 Å². The molecular formula is C10H13Cl2NO3S. The molecule has 1 N–H and O–H groups in total. The molecular weight excluding hydrogens is 285 g/mol. The molecule has 0 aromatic heterocycles. The van der Waals surface area contributed by atoms with E-state index in [1.54, 1.807) is 6.92 Å². The molecule has 0 saturated carbocycles. The van der Waals surface area contributed by atoms with Crippen molar-refractivity contribution in [1.29, 1.82) is 0 Å². The maximum absolute atomic E-state index is 11.6. The number of sulfonamides is 1. The second-order valence-electron chi connectivity index (χ2n) is 3.39. The number of methoxy groups -OCH3 is 1. The van der Waals surface area contributed by atoms with Gasteiger partial charge in [0.05, 0.1) is 23.6 Å². The highest BCUT2D eigenvalue weighted by Gasteiger charge is 2.15. The largest absolute Gasteiger partial charge is 0.493 e. The van der Waals surface area contributed by atoms with Gasteiger partial charge in [0.15, 0.2) is 5.75 Å². The summed E-state index contributed by atoms with van der Waals surface area (Å²) < 4.78 is 30.7. The van der Waals surface area contributed by atoms with Gasteiger partial charge in [0, 0.05) is 5.02 Å². The van der Waals surface area contributed by atoms with Crippen LogP contribution < -0.4 is 9.46 Å². The topological polar surface area (TPSA) is 55.4 Å². The van der Waals surface area contributed by atoms with E-state index in [9.17, 15) is 8.42 Å². The van der Waals surface area contributed by atoms with Gasteiger partial charge in [0.2, 0.25) is 10.0 Å². The smallest absolute Gasteiger partial charge is 0.232 e. The summed E-state index contributed by atoms with van der Waals surface area (Å²) in [6.07, 6.45) is 0.520. The lowest BCUT2D eigenvalue weighted by atomic mass is 10.3. The van der Waals surface area contributed by atoms with Crippen molar-refractivity contribution in [1.82, 2.24) is 0 Å². The fourth-order valence-corrected chi connectivity index (χ4v) is 3.03. The first-order chi connectivity index (χ1) is 7.89. The van der Waals surface area contributed by atoms with E-state index in [1.807, 2.05) is 0 Å². The van der Waals surface area contributed by atoms with Crippen LogP contribution in [0.1, 0.15) is 13.3 Å². The summed E-state index contributed by atoms with van der Waals surface area (Å²) in [5.74, 6) is 0.288. The van der Waals surface area contributed by atoms with Gasteiger partial charge in [-0.15, -0.1) is 0 Å². The van der Waals surface area contributed by atoms with Crippen molar-refractivity contribution in [3.05, 3.63) is 22.2 Å². The maximum Gasteiger partial charge on any atom is 0.232 e. The molecule has 0 aliphatic heterocycles. The van der Waals surface area contributed by atoms with E-state index in [0.717, 1.165) is 0 Å². The van der Waals surface area contributed by atoms with Gasteiger partial charge in [0.25, 0.3) is 0 Å². The van der Waals surface area contributed by atoms with Crippen molar-refractivity contribution >= 4 is 38.9 Å². The number of rotatable bonds is 5. The molecule has 1 aromatic carbocycles. The van der Waals surface area contributed by atoms with Gasteiger partial charge >= 0.3 is 0 Å².